The fourth-order valence-corrected chi connectivity index (χ4v) is 2.78. The van der Waals surface area contributed by atoms with Gasteiger partial charge in [-0.1, -0.05) is 0 Å². The molecule has 0 aliphatic heterocycles. The summed E-state index contributed by atoms with van der Waals surface area (Å²) >= 11 is 4.81. The van der Waals surface area contributed by atoms with Gasteiger partial charge >= 0.3 is 0 Å². The van der Waals surface area contributed by atoms with Crippen LogP contribution in [0.5, 0.6) is 5.75 Å². The van der Waals surface area contributed by atoms with Gasteiger partial charge in [0.15, 0.2) is 0 Å². The molecule has 0 aliphatic carbocycles. The smallest absolute Gasteiger partial charge is 0.252 e. The molecule has 0 spiro atoms. The number of ether oxygens (including phenoxy) is 1. The molecule has 4 nitrogen and oxygen atoms in total. The Morgan fingerprint density at radius 1 is 1.47 bits per heavy atom. The Labute approximate surface area is 123 Å². The molecular weight excluding hydrogens is 328 g/mol. The molecule has 0 bridgehead atoms. The van der Waals surface area contributed by atoms with Gasteiger partial charge in [0.1, 0.15) is 5.75 Å². The van der Waals surface area contributed by atoms with Gasteiger partial charge in [-0.05, 0) is 40.2 Å². The third-order valence-electron chi connectivity index (χ3n) is 2.57. The second-order valence-corrected chi connectivity index (χ2v) is 6.18. The first-order valence-electron chi connectivity index (χ1n) is 5.55. The van der Waals surface area contributed by atoms with Crippen molar-refractivity contribution in [3.63, 3.8) is 0 Å². The molecule has 0 aliphatic rings. The molecule has 19 heavy (non-hydrogen) atoms. The molecule has 6 heteroatoms. The number of nitrogens with one attached hydrogen (secondary N) is 1. The number of amides is 1. The van der Waals surface area contributed by atoms with Crippen LogP contribution in [0.4, 0.5) is 5.69 Å². The lowest BCUT2D eigenvalue weighted by molar-refractivity contribution is 0.0951. The maximum absolute atomic E-state index is 11.9. The van der Waals surface area contributed by atoms with Crippen LogP contribution in [-0.2, 0) is 6.54 Å². The standard InChI is InChI=1S/C13H13BrN2O2S/c1-18-11-3-2-10(15)4-8(11)6-16-13(17)9-5-12(14)19-7-9/h2-5,7H,6,15H2,1H3,(H,16,17). The van der Waals surface area contributed by atoms with Crippen LogP contribution in [0.15, 0.2) is 33.4 Å². The third kappa shape index (κ3) is 3.48. The van der Waals surface area contributed by atoms with Crippen molar-refractivity contribution >= 4 is 38.9 Å². The Kier molecular flexibility index (Phi) is 4.44. The van der Waals surface area contributed by atoms with E-state index in [1.807, 2.05) is 0 Å². The average Bonchev–Trinajstić information content (AvgIpc) is 2.83. The van der Waals surface area contributed by atoms with Crippen LogP contribution >= 0.6 is 27.3 Å². The largest absolute Gasteiger partial charge is 0.496 e. The van der Waals surface area contributed by atoms with Crippen molar-refractivity contribution in [2.45, 2.75) is 6.54 Å². The summed E-state index contributed by atoms with van der Waals surface area (Å²) < 4.78 is 6.16. The number of nitrogen functional groups attached to an aromatic ring is 1. The summed E-state index contributed by atoms with van der Waals surface area (Å²) in [5.74, 6) is 0.590. The van der Waals surface area contributed by atoms with Gasteiger partial charge in [-0.2, -0.15) is 0 Å². The highest BCUT2D eigenvalue weighted by Crippen LogP contribution is 2.22. The van der Waals surface area contributed by atoms with Gasteiger partial charge in [-0.15, -0.1) is 11.3 Å². The maximum atomic E-state index is 11.9. The molecule has 0 unspecified atom stereocenters. The van der Waals surface area contributed by atoms with Crippen molar-refractivity contribution in [3.8, 4) is 5.75 Å². The summed E-state index contributed by atoms with van der Waals surface area (Å²) in [6.45, 7) is 0.376. The molecule has 2 rings (SSSR count). The van der Waals surface area contributed by atoms with Crippen LogP contribution in [-0.4, -0.2) is 13.0 Å². The topological polar surface area (TPSA) is 64.3 Å². The van der Waals surface area contributed by atoms with Gasteiger partial charge < -0.3 is 15.8 Å². The van der Waals surface area contributed by atoms with Crippen molar-refractivity contribution in [1.29, 1.82) is 0 Å². The molecule has 2 aromatic rings. The summed E-state index contributed by atoms with van der Waals surface area (Å²) in [6.07, 6.45) is 0. The molecule has 1 aromatic carbocycles. The van der Waals surface area contributed by atoms with Gasteiger partial charge in [0.25, 0.3) is 5.91 Å². The van der Waals surface area contributed by atoms with Crippen molar-refractivity contribution in [3.05, 3.63) is 44.6 Å². The van der Waals surface area contributed by atoms with E-state index >= 15 is 0 Å². The first-order valence-corrected chi connectivity index (χ1v) is 7.22. The molecule has 1 amide bonds. The Balaban J connectivity index is 2.06. The van der Waals surface area contributed by atoms with Gasteiger partial charge in [0.2, 0.25) is 0 Å². The Bertz CT molecular complexity index is 598. The van der Waals surface area contributed by atoms with E-state index in [1.54, 1.807) is 36.8 Å². The number of methoxy groups -OCH3 is 1. The monoisotopic (exact) mass is 340 g/mol. The van der Waals surface area contributed by atoms with Crippen molar-refractivity contribution in [2.24, 2.45) is 0 Å². The number of benzene rings is 1. The van der Waals surface area contributed by atoms with E-state index in [1.165, 1.54) is 11.3 Å². The van der Waals surface area contributed by atoms with Crippen molar-refractivity contribution < 1.29 is 9.53 Å². The zero-order valence-corrected chi connectivity index (χ0v) is 12.7. The van der Waals surface area contributed by atoms with Crippen LogP contribution in [0, 0.1) is 0 Å². The zero-order chi connectivity index (χ0) is 13.8. The molecule has 1 aromatic heterocycles. The van der Waals surface area contributed by atoms with Crippen molar-refractivity contribution in [1.82, 2.24) is 5.32 Å². The normalized spacial score (nSPS) is 10.2. The van der Waals surface area contributed by atoms with Crippen LogP contribution in [0.25, 0.3) is 0 Å². The fourth-order valence-electron chi connectivity index (χ4n) is 1.64. The van der Waals surface area contributed by atoms with E-state index in [0.29, 0.717) is 23.5 Å². The van der Waals surface area contributed by atoms with E-state index in [4.69, 9.17) is 10.5 Å². The summed E-state index contributed by atoms with van der Waals surface area (Å²) in [5.41, 5.74) is 7.86. The lowest BCUT2D eigenvalue weighted by Gasteiger charge is -2.10. The fraction of sp³-hybridized carbons (Fsp3) is 0.154. The summed E-state index contributed by atoms with van der Waals surface area (Å²) in [6, 6.07) is 7.14. The number of rotatable bonds is 4. The molecule has 0 saturated heterocycles. The predicted molar refractivity (Wildman–Crippen MR) is 80.6 cm³/mol. The number of anilines is 1. The van der Waals surface area contributed by atoms with E-state index in [9.17, 15) is 4.79 Å². The van der Waals surface area contributed by atoms with E-state index in [-0.39, 0.29) is 5.91 Å². The predicted octanol–water partition coefficient (Wildman–Crippen LogP) is 3.03. The zero-order valence-electron chi connectivity index (χ0n) is 10.3. The van der Waals surface area contributed by atoms with E-state index < -0.39 is 0 Å². The second kappa shape index (κ2) is 6.08. The van der Waals surface area contributed by atoms with Gasteiger partial charge in [-0.25, -0.2) is 0 Å². The van der Waals surface area contributed by atoms with Gasteiger partial charge in [0.05, 0.1) is 16.5 Å². The maximum Gasteiger partial charge on any atom is 0.252 e. The minimum Gasteiger partial charge on any atom is -0.496 e. The highest BCUT2D eigenvalue weighted by atomic mass is 79.9. The first-order chi connectivity index (χ1) is 9.10. The molecule has 0 radical (unpaired) electrons. The summed E-state index contributed by atoms with van der Waals surface area (Å²) in [5, 5.41) is 4.64. The number of hydrogen-bond donors (Lipinski definition) is 2. The minimum absolute atomic E-state index is 0.119. The SMILES string of the molecule is COc1ccc(N)cc1CNC(=O)c1csc(Br)c1. The molecular formula is C13H13BrN2O2S. The average molecular weight is 341 g/mol. The number of carbonyl (C=O) groups is 1. The Morgan fingerprint density at radius 3 is 2.89 bits per heavy atom. The number of thiophene rings is 1. The molecule has 1 heterocycles. The number of nitrogens with two attached hydrogens (primary N) is 1. The molecule has 0 atom stereocenters. The summed E-state index contributed by atoms with van der Waals surface area (Å²) in [4.78, 5) is 11.9. The van der Waals surface area contributed by atoms with Gasteiger partial charge in [-0.3, -0.25) is 4.79 Å². The van der Waals surface area contributed by atoms with Crippen LogP contribution in [0.1, 0.15) is 15.9 Å². The van der Waals surface area contributed by atoms with Crippen molar-refractivity contribution in [2.75, 3.05) is 12.8 Å². The Morgan fingerprint density at radius 2 is 2.26 bits per heavy atom. The highest BCUT2D eigenvalue weighted by Gasteiger charge is 2.09. The molecule has 0 saturated carbocycles. The second-order valence-electron chi connectivity index (χ2n) is 3.89. The highest BCUT2D eigenvalue weighted by molar-refractivity contribution is 9.11. The number of halogens is 1. The summed E-state index contributed by atoms with van der Waals surface area (Å²) in [7, 11) is 1.59. The minimum atomic E-state index is -0.119. The van der Waals surface area contributed by atoms with Crippen LogP contribution in [0.3, 0.4) is 0 Å². The lowest BCUT2D eigenvalue weighted by Crippen LogP contribution is -2.22. The van der Waals surface area contributed by atoms with E-state index in [0.717, 1.165) is 9.35 Å². The first kappa shape index (κ1) is 13.9. The quantitative estimate of drug-likeness (QED) is 0.840. The van der Waals surface area contributed by atoms with E-state index in [2.05, 4.69) is 21.2 Å². The third-order valence-corrected chi connectivity index (χ3v) is 4.08. The number of hydrogen-bond acceptors (Lipinski definition) is 4. The molecule has 3 N–H and O–H groups in total. The lowest BCUT2D eigenvalue weighted by atomic mass is 10.1. The van der Waals surface area contributed by atoms with Gasteiger partial charge in [0, 0.05) is 23.2 Å². The van der Waals surface area contributed by atoms with Crippen LogP contribution in [0.2, 0.25) is 0 Å². The number of carbonyl (C=O) groups excluding carboxylic acids is 1. The van der Waals surface area contributed by atoms with Crippen LogP contribution < -0.4 is 15.8 Å². The molecule has 0 fully saturated rings. The Hall–Kier alpha value is -1.53. The molecule has 100 valence electrons.